The lowest BCUT2D eigenvalue weighted by Crippen LogP contribution is -2.18. The number of carbonyl (C=O) groups excluding carboxylic acids is 1. The molecule has 1 amide bonds. The number of rotatable bonds is 6. The average Bonchev–Trinajstić information content (AvgIpc) is 2.95. The van der Waals surface area contributed by atoms with Gasteiger partial charge in [-0.15, -0.1) is 0 Å². The second kappa shape index (κ2) is 7.60. The highest BCUT2D eigenvalue weighted by Crippen LogP contribution is 2.15. The van der Waals surface area contributed by atoms with Crippen LogP contribution >= 0.6 is 0 Å². The molecule has 0 spiro atoms. The summed E-state index contributed by atoms with van der Waals surface area (Å²) in [6, 6.07) is 17.6. The molecule has 3 aromatic rings. The first-order valence-corrected chi connectivity index (χ1v) is 8.13. The van der Waals surface area contributed by atoms with Crippen molar-refractivity contribution in [3.63, 3.8) is 0 Å². The standard InChI is InChI=1S/C19H18N4O3/c1-14-11-18(22(21-14)13-16-5-3-2-4-6-16)20-19(24)12-15-7-9-17(10-8-15)23(25)26/h2-11H,12-13H2,1H3,(H,20,24). The van der Waals surface area contributed by atoms with Crippen LogP contribution in [0, 0.1) is 17.0 Å². The average molecular weight is 350 g/mol. The van der Waals surface area contributed by atoms with Crippen molar-refractivity contribution in [2.24, 2.45) is 0 Å². The van der Waals surface area contributed by atoms with Crippen molar-refractivity contribution in [3.8, 4) is 0 Å². The number of aryl methyl sites for hydroxylation is 1. The first-order chi connectivity index (χ1) is 12.5. The van der Waals surface area contributed by atoms with Gasteiger partial charge in [-0.1, -0.05) is 42.5 Å². The van der Waals surface area contributed by atoms with Crippen LogP contribution in [0.15, 0.2) is 60.7 Å². The molecule has 0 fully saturated rings. The van der Waals surface area contributed by atoms with Crippen LogP contribution in [0.5, 0.6) is 0 Å². The number of aromatic nitrogens is 2. The zero-order chi connectivity index (χ0) is 18.5. The van der Waals surface area contributed by atoms with Gasteiger partial charge in [-0.05, 0) is 18.1 Å². The second-order valence-corrected chi connectivity index (χ2v) is 5.96. The maximum Gasteiger partial charge on any atom is 0.269 e. The number of nitrogens with one attached hydrogen (secondary N) is 1. The lowest BCUT2D eigenvalue weighted by molar-refractivity contribution is -0.384. The number of nitro benzene ring substituents is 1. The van der Waals surface area contributed by atoms with Crippen molar-refractivity contribution in [2.45, 2.75) is 19.9 Å². The molecule has 7 heteroatoms. The number of amides is 1. The summed E-state index contributed by atoms with van der Waals surface area (Å²) in [5, 5.41) is 18.0. The number of nitro groups is 1. The van der Waals surface area contributed by atoms with Gasteiger partial charge in [0.1, 0.15) is 5.82 Å². The van der Waals surface area contributed by atoms with Gasteiger partial charge in [0.25, 0.3) is 5.69 Å². The van der Waals surface area contributed by atoms with Gasteiger partial charge in [0.05, 0.1) is 23.6 Å². The molecule has 0 aliphatic rings. The highest BCUT2D eigenvalue weighted by Gasteiger charge is 2.11. The molecule has 1 aromatic heterocycles. The molecule has 0 saturated heterocycles. The highest BCUT2D eigenvalue weighted by molar-refractivity contribution is 5.91. The molecule has 132 valence electrons. The minimum Gasteiger partial charge on any atom is -0.311 e. The fraction of sp³-hybridized carbons (Fsp3) is 0.158. The maximum absolute atomic E-state index is 12.3. The van der Waals surface area contributed by atoms with Crippen LogP contribution in [0.3, 0.4) is 0 Å². The second-order valence-electron chi connectivity index (χ2n) is 5.96. The SMILES string of the molecule is Cc1cc(NC(=O)Cc2ccc([N+](=O)[O-])cc2)n(Cc2ccccc2)n1. The largest absolute Gasteiger partial charge is 0.311 e. The fourth-order valence-corrected chi connectivity index (χ4v) is 2.63. The molecule has 0 unspecified atom stereocenters. The minimum atomic E-state index is -0.464. The van der Waals surface area contributed by atoms with Gasteiger partial charge in [-0.25, -0.2) is 4.68 Å². The van der Waals surface area contributed by atoms with E-state index >= 15 is 0 Å². The van der Waals surface area contributed by atoms with Crippen LogP contribution in [-0.4, -0.2) is 20.6 Å². The third-order valence-corrected chi connectivity index (χ3v) is 3.86. The van der Waals surface area contributed by atoms with Crippen LogP contribution in [0.1, 0.15) is 16.8 Å². The van der Waals surface area contributed by atoms with Gasteiger partial charge in [0.2, 0.25) is 5.91 Å². The normalized spacial score (nSPS) is 10.5. The number of non-ortho nitro benzene ring substituents is 1. The van der Waals surface area contributed by atoms with Crippen molar-refractivity contribution in [1.82, 2.24) is 9.78 Å². The first-order valence-electron chi connectivity index (χ1n) is 8.13. The molecular weight excluding hydrogens is 332 g/mol. The summed E-state index contributed by atoms with van der Waals surface area (Å²) >= 11 is 0. The lowest BCUT2D eigenvalue weighted by Gasteiger charge is -2.09. The van der Waals surface area contributed by atoms with E-state index in [-0.39, 0.29) is 18.0 Å². The molecule has 26 heavy (non-hydrogen) atoms. The van der Waals surface area contributed by atoms with Gasteiger partial charge in [0, 0.05) is 18.2 Å². The number of anilines is 1. The number of hydrogen-bond donors (Lipinski definition) is 1. The summed E-state index contributed by atoms with van der Waals surface area (Å²) in [7, 11) is 0. The monoisotopic (exact) mass is 350 g/mol. The summed E-state index contributed by atoms with van der Waals surface area (Å²) < 4.78 is 1.75. The van der Waals surface area contributed by atoms with Gasteiger partial charge >= 0.3 is 0 Å². The topological polar surface area (TPSA) is 90.1 Å². The summed E-state index contributed by atoms with van der Waals surface area (Å²) in [4.78, 5) is 22.5. The molecule has 0 bridgehead atoms. The van der Waals surface area contributed by atoms with Gasteiger partial charge in [0.15, 0.2) is 0 Å². The van der Waals surface area contributed by atoms with Crippen molar-refractivity contribution in [1.29, 1.82) is 0 Å². The molecule has 2 aromatic carbocycles. The third-order valence-electron chi connectivity index (χ3n) is 3.86. The maximum atomic E-state index is 12.3. The van der Waals surface area contributed by atoms with Gasteiger partial charge < -0.3 is 5.32 Å². The van der Waals surface area contributed by atoms with Crippen LogP contribution in [-0.2, 0) is 17.8 Å². The fourth-order valence-electron chi connectivity index (χ4n) is 2.63. The van der Waals surface area contributed by atoms with E-state index in [1.54, 1.807) is 16.8 Å². The Morgan fingerprint density at radius 1 is 1.12 bits per heavy atom. The molecule has 0 radical (unpaired) electrons. The molecule has 1 N–H and O–H groups in total. The lowest BCUT2D eigenvalue weighted by atomic mass is 10.1. The van der Waals surface area contributed by atoms with E-state index in [0.717, 1.165) is 11.3 Å². The van der Waals surface area contributed by atoms with Crippen LogP contribution in [0.4, 0.5) is 11.5 Å². The summed E-state index contributed by atoms with van der Waals surface area (Å²) in [5.74, 6) is 0.423. The number of carbonyl (C=O) groups is 1. The van der Waals surface area contributed by atoms with E-state index in [9.17, 15) is 14.9 Å². The zero-order valence-electron chi connectivity index (χ0n) is 14.3. The Labute approximate surface area is 150 Å². The van der Waals surface area contributed by atoms with Gasteiger partial charge in [-0.3, -0.25) is 14.9 Å². The smallest absolute Gasteiger partial charge is 0.269 e. The number of hydrogen-bond acceptors (Lipinski definition) is 4. The highest BCUT2D eigenvalue weighted by atomic mass is 16.6. The molecule has 0 aliphatic carbocycles. The van der Waals surface area contributed by atoms with E-state index in [0.29, 0.717) is 17.9 Å². The van der Waals surface area contributed by atoms with Crippen molar-refractivity contribution in [2.75, 3.05) is 5.32 Å². The molecule has 3 rings (SSSR count). The molecule has 7 nitrogen and oxygen atoms in total. The molecule has 0 atom stereocenters. The van der Waals surface area contributed by atoms with Crippen molar-refractivity contribution < 1.29 is 9.72 Å². The number of nitrogens with zero attached hydrogens (tertiary/aromatic N) is 3. The van der Waals surface area contributed by atoms with E-state index < -0.39 is 4.92 Å². The van der Waals surface area contributed by atoms with E-state index in [4.69, 9.17) is 0 Å². The van der Waals surface area contributed by atoms with E-state index in [2.05, 4.69) is 10.4 Å². The zero-order valence-corrected chi connectivity index (χ0v) is 14.3. The van der Waals surface area contributed by atoms with Crippen LogP contribution in [0.25, 0.3) is 0 Å². The Kier molecular flexibility index (Phi) is 5.07. The summed E-state index contributed by atoms with van der Waals surface area (Å²) in [5.41, 5.74) is 2.61. The summed E-state index contributed by atoms with van der Waals surface area (Å²) in [6.45, 7) is 2.43. The molecular formula is C19H18N4O3. The molecule has 0 aliphatic heterocycles. The quantitative estimate of drug-likeness (QED) is 0.545. The van der Waals surface area contributed by atoms with Gasteiger partial charge in [-0.2, -0.15) is 5.10 Å². The number of benzene rings is 2. The Balaban J connectivity index is 1.68. The summed E-state index contributed by atoms with van der Waals surface area (Å²) in [6.07, 6.45) is 0.132. The van der Waals surface area contributed by atoms with Crippen LogP contribution < -0.4 is 5.32 Å². The predicted octanol–water partition coefficient (Wildman–Crippen LogP) is 3.33. The first kappa shape index (κ1) is 17.3. The molecule has 1 heterocycles. The minimum absolute atomic E-state index is 0.00530. The third kappa shape index (κ3) is 4.32. The molecule has 0 saturated carbocycles. The Morgan fingerprint density at radius 2 is 1.81 bits per heavy atom. The van der Waals surface area contributed by atoms with Crippen LogP contribution in [0.2, 0.25) is 0 Å². The Bertz CT molecular complexity index is 918. The Hall–Kier alpha value is -3.48. The van der Waals surface area contributed by atoms with E-state index in [1.165, 1.54) is 12.1 Å². The Morgan fingerprint density at radius 3 is 2.46 bits per heavy atom. The van der Waals surface area contributed by atoms with Crippen molar-refractivity contribution in [3.05, 3.63) is 87.6 Å². The predicted molar refractivity (Wildman–Crippen MR) is 97.9 cm³/mol. The van der Waals surface area contributed by atoms with E-state index in [1.807, 2.05) is 43.3 Å². The van der Waals surface area contributed by atoms with Crippen molar-refractivity contribution >= 4 is 17.4 Å².